The number of nitrogens with one attached hydrogen (secondary N) is 1. The number of furan rings is 1. The van der Waals surface area contributed by atoms with Crippen molar-refractivity contribution < 1.29 is 13.6 Å². The van der Waals surface area contributed by atoms with Crippen LogP contribution in [0.2, 0.25) is 10.0 Å². The molecule has 5 nitrogen and oxygen atoms in total. The molecule has 0 aliphatic heterocycles. The number of aryl methyl sites for hydroxylation is 2. The van der Waals surface area contributed by atoms with Crippen LogP contribution in [0, 0.1) is 13.8 Å². The molecule has 0 fully saturated rings. The van der Waals surface area contributed by atoms with Crippen molar-refractivity contribution in [1.82, 2.24) is 4.98 Å². The second kappa shape index (κ2) is 8.43. The van der Waals surface area contributed by atoms with Crippen LogP contribution in [0.4, 0.5) is 5.69 Å². The summed E-state index contributed by atoms with van der Waals surface area (Å²) < 4.78 is 11.7. The maximum absolute atomic E-state index is 12.8. The van der Waals surface area contributed by atoms with Crippen LogP contribution in [0.5, 0.6) is 0 Å². The maximum Gasteiger partial charge on any atom is 0.291 e. The van der Waals surface area contributed by atoms with Gasteiger partial charge in [-0.3, -0.25) is 4.79 Å². The lowest BCUT2D eigenvalue weighted by molar-refractivity contribution is 0.0997. The van der Waals surface area contributed by atoms with Crippen LogP contribution < -0.4 is 5.32 Å². The zero-order chi connectivity index (χ0) is 23.1. The zero-order valence-electron chi connectivity index (χ0n) is 17.8. The molecule has 164 valence electrons. The summed E-state index contributed by atoms with van der Waals surface area (Å²) in [4.78, 5) is 17.4. The van der Waals surface area contributed by atoms with Crippen LogP contribution in [-0.4, -0.2) is 10.9 Å². The van der Waals surface area contributed by atoms with Gasteiger partial charge >= 0.3 is 0 Å². The fraction of sp³-hybridized carbons (Fsp3) is 0.0769. The summed E-state index contributed by atoms with van der Waals surface area (Å²) in [6, 6.07) is 19.8. The number of hydrogen-bond donors (Lipinski definition) is 1. The molecule has 1 amide bonds. The Labute approximate surface area is 200 Å². The Balaban J connectivity index is 1.42. The third-order valence-corrected chi connectivity index (χ3v) is 5.79. The molecule has 3 aromatic carbocycles. The lowest BCUT2D eigenvalue weighted by Crippen LogP contribution is -2.11. The summed E-state index contributed by atoms with van der Waals surface area (Å²) >= 11 is 12.4. The number of carbonyl (C=O) groups is 1. The van der Waals surface area contributed by atoms with Crippen molar-refractivity contribution in [1.29, 1.82) is 0 Å². The predicted octanol–water partition coefficient (Wildman–Crippen LogP) is 7.93. The van der Waals surface area contributed by atoms with Crippen LogP contribution in [0.3, 0.4) is 0 Å². The number of carbonyl (C=O) groups excluding carboxylic acids is 1. The van der Waals surface area contributed by atoms with E-state index in [-0.39, 0.29) is 5.76 Å². The first-order valence-corrected chi connectivity index (χ1v) is 11.0. The number of aromatic nitrogens is 1. The summed E-state index contributed by atoms with van der Waals surface area (Å²) in [5, 5.41) is 3.78. The molecule has 0 radical (unpaired) electrons. The molecule has 0 aliphatic carbocycles. The van der Waals surface area contributed by atoms with Gasteiger partial charge in [0.05, 0.1) is 10.7 Å². The molecule has 0 unspecified atom stereocenters. The van der Waals surface area contributed by atoms with E-state index in [9.17, 15) is 4.79 Å². The van der Waals surface area contributed by atoms with Gasteiger partial charge in [0.15, 0.2) is 11.3 Å². The van der Waals surface area contributed by atoms with Crippen molar-refractivity contribution in [3.05, 3.63) is 93.7 Å². The number of anilines is 1. The molecule has 5 rings (SSSR count). The van der Waals surface area contributed by atoms with Gasteiger partial charge in [-0.2, -0.15) is 0 Å². The van der Waals surface area contributed by atoms with E-state index >= 15 is 0 Å². The summed E-state index contributed by atoms with van der Waals surface area (Å²) in [7, 11) is 0. The zero-order valence-corrected chi connectivity index (χ0v) is 19.3. The number of fused-ring (bicyclic) bond motifs is 1. The number of halogens is 2. The third-order valence-electron chi connectivity index (χ3n) is 5.22. The summed E-state index contributed by atoms with van der Waals surface area (Å²) in [6.45, 7) is 4.00. The van der Waals surface area contributed by atoms with Crippen LogP contribution in [-0.2, 0) is 0 Å². The summed E-state index contributed by atoms with van der Waals surface area (Å²) in [6.07, 6.45) is 0. The van der Waals surface area contributed by atoms with Crippen molar-refractivity contribution in [2.45, 2.75) is 13.8 Å². The highest BCUT2D eigenvalue weighted by molar-refractivity contribution is 6.34. The smallest absolute Gasteiger partial charge is 0.291 e. The molecule has 0 saturated carbocycles. The molecule has 33 heavy (non-hydrogen) atoms. The summed E-state index contributed by atoms with van der Waals surface area (Å²) in [5.74, 6) is 0.720. The van der Waals surface area contributed by atoms with Crippen molar-refractivity contribution in [3.8, 4) is 22.8 Å². The molecular formula is C26H18Cl2N2O3. The van der Waals surface area contributed by atoms with Gasteiger partial charge in [0.2, 0.25) is 5.89 Å². The van der Waals surface area contributed by atoms with Gasteiger partial charge in [-0.1, -0.05) is 41.4 Å². The van der Waals surface area contributed by atoms with Crippen LogP contribution >= 0.6 is 23.2 Å². The van der Waals surface area contributed by atoms with E-state index in [1.54, 1.807) is 42.5 Å². The minimum Gasteiger partial charge on any atom is -0.451 e. The highest BCUT2D eigenvalue weighted by Gasteiger charge is 2.17. The van der Waals surface area contributed by atoms with Crippen molar-refractivity contribution >= 4 is 45.9 Å². The van der Waals surface area contributed by atoms with Crippen LogP contribution in [0.1, 0.15) is 21.7 Å². The molecule has 7 heteroatoms. The largest absolute Gasteiger partial charge is 0.451 e. The van der Waals surface area contributed by atoms with E-state index in [4.69, 9.17) is 32.0 Å². The first-order chi connectivity index (χ1) is 15.9. The van der Waals surface area contributed by atoms with Gasteiger partial charge in [-0.25, -0.2) is 4.98 Å². The lowest BCUT2D eigenvalue weighted by Gasteiger charge is -2.07. The minimum absolute atomic E-state index is 0.152. The second-order valence-corrected chi connectivity index (χ2v) is 8.62. The molecule has 2 heterocycles. The molecule has 1 N–H and O–H groups in total. The highest BCUT2D eigenvalue weighted by atomic mass is 35.5. The second-order valence-electron chi connectivity index (χ2n) is 7.77. The minimum atomic E-state index is -0.425. The number of nitrogens with zero attached hydrogens (tertiary/aromatic N) is 1. The van der Waals surface area contributed by atoms with Gasteiger partial charge in [0.1, 0.15) is 11.3 Å². The van der Waals surface area contributed by atoms with E-state index in [0.717, 1.165) is 27.8 Å². The van der Waals surface area contributed by atoms with Crippen molar-refractivity contribution in [3.63, 3.8) is 0 Å². The number of rotatable bonds is 4. The number of hydrogen-bond acceptors (Lipinski definition) is 4. The average Bonchev–Trinajstić information content (AvgIpc) is 3.43. The van der Waals surface area contributed by atoms with Gasteiger partial charge in [0.25, 0.3) is 5.91 Å². The first kappa shape index (κ1) is 21.3. The standard InChI is InChI=1S/C26H18Cl2N2O3/c1-14-10-15(2)24-21(11-14)30-26(33-24)17-6-7-19(28)20(13-17)29-25(31)23-9-8-22(32-23)16-4-3-5-18(27)12-16/h3-13H,1-2H3,(H,29,31). The molecule has 0 bridgehead atoms. The van der Waals surface area contributed by atoms with Crippen molar-refractivity contribution in [2.75, 3.05) is 5.32 Å². The number of benzene rings is 3. The SMILES string of the molecule is Cc1cc(C)c2oc(-c3ccc(Cl)c(NC(=O)c4ccc(-c5cccc(Cl)c5)o4)c3)nc2c1. The Morgan fingerprint density at radius 3 is 2.58 bits per heavy atom. The maximum atomic E-state index is 12.8. The van der Waals surface area contributed by atoms with E-state index in [1.165, 1.54) is 0 Å². The quantitative estimate of drug-likeness (QED) is 0.285. The van der Waals surface area contributed by atoms with Crippen molar-refractivity contribution in [2.24, 2.45) is 0 Å². The molecule has 0 aliphatic rings. The summed E-state index contributed by atoms with van der Waals surface area (Å²) in [5.41, 5.74) is 5.55. The number of amides is 1. The molecule has 0 saturated heterocycles. The highest BCUT2D eigenvalue weighted by Crippen LogP contribution is 2.32. The number of oxazole rings is 1. The van der Waals surface area contributed by atoms with Gasteiger partial charge < -0.3 is 14.2 Å². The van der Waals surface area contributed by atoms with Gasteiger partial charge in [-0.15, -0.1) is 0 Å². The molecule has 2 aromatic heterocycles. The predicted molar refractivity (Wildman–Crippen MR) is 131 cm³/mol. The van der Waals surface area contributed by atoms with Crippen LogP contribution in [0.25, 0.3) is 33.9 Å². The fourth-order valence-corrected chi connectivity index (χ4v) is 4.05. The Kier molecular flexibility index (Phi) is 5.44. The Morgan fingerprint density at radius 1 is 0.909 bits per heavy atom. The molecule has 5 aromatic rings. The van der Waals surface area contributed by atoms with Gasteiger partial charge in [0, 0.05) is 16.1 Å². The molecule has 0 spiro atoms. The Morgan fingerprint density at radius 2 is 1.76 bits per heavy atom. The monoisotopic (exact) mass is 476 g/mol. The average molecular weight is 477 g/mol. The van der Waals surface area contributed by atoms with E-state index in [1.807, 2.05) is 38.1 Å². The molecular weight excluding hydrogens is 459 g/mol. The topological polar surface area (TPSA) is 68.3 Å². The normalized spacial score (nSPS) is 11.2. The lowest BCUT2D eigenvalue weighted by atomic mass is 10.1. The third kappa shape index (κ3) is 4.25. The van der Waals surface area contributed by atoms with Crippen LogP contribution in [0.15, 0.2) is 75.6 Å². The van der Waals surface area contributed by atoms with E-state index in [2.05, 4.69) is 10.3 Å². The Hall–Kier alpha value is -3.54. The first-order valence-electron chi connectivity index (χ1n) is 10.2. The van der Waals surface area contributed by atoms with Gasteiger partial charge in [-0.05, 0) is 73.5 Å². The molecule has 0 atom stereocenters. The van der Waals surface area contributed by atoms with E-state index < -0.39 is 5.91 Å². The fourth-order valence-electron chi connectivity index (χ4n) is 3.69. The Bertz CT molecular complexity index is 1520. The van der Waals surface area contributed by atoms with E-state index in [0.29, 0.717) is 32.9 Å².